The molecule has 1 amide bonds. The van der Waals surface area contributed by atoms with Gasteiger partial charge in [-0.1, -0.05) is 49.0 Å². The van der Waals surface area contributed by atoms with Gasteiger partial charge in [0, 0.05) is 37.3 Å². The predicted octanol–water partition coefficient (Wildman–Crippen LogP) is 1.90. The molecule has 1 N–H and O–H groups in total. The van der Waals surface area contributed by atoms with Crippen molar-refractivity contribution in [3.05, 3.63) is 35.9 Å². The number of amides is 1. The molecule has 130 valence electrons. The summed E-state index contributed by atoms with van der Waals surface area (Å²) in [4.78, 5) is 37.3. The van der Waals surface area contributed by atoms with E-state index >= 15 is 0 Å². The van der Waals surface area contributed by atoms with E-state index in [1.54, 1.807) is 31.2 Å². The summed E-state index contributed by atoms with van der Waals surface area (Å²) in [5, 5.41) is 9.19. The van der Waals surface area contributed by atoms with E-state index in [9.17, 15) is 19.5 Å². The Morgan fingerprint density at radius 1 is 1.33 bits per heavy atom. The molecule has 0 aromatic heterocycles. The first-order valence-corrected chi connectivity index (χ1v) is 8.70. The molecule has 7 heteroatoms. The topological polar surface area (TPSA) is 83.9 Å². The van der Waals surface area contributed by atoms with Gasteiger partial charge >= 0.3 is 5.97 Å². The average molecular weight is 351 g/mol. The standard InChI is InChI=1S/C17H21NO5S/c1-11(10-24-17(22)12-6-4-3-5-7-12)15(19)18-9-13(23-2)8-14(18)16(20)21/h3-7,11,13-14H,8-10H2,1-2H3,(H,20,21)/t11?,13?,14-/m0/s1. The average Bonchev–Trinajstić information content (AvgIpc) is 3.04. The summed E-state index contributed by atoms with van der Waals surface area (Å²) in [5.41, 5.74) is 0.589. The van der Waals surface area contributed by atoms with Crippen LogP contribution in [0.1, 0.15) is 23.7 Å². The van der Waals surface area contributed by atoms with E-state index in [4.69, 9.17) is 4.74 Å². The molecule has 0 bridgehead atoms. The molecule has 1 heterocycles. The Labute approximate surface area is 145 Å². The van der Waals surface area contributed by atoms with Crippen molar-refractivity contribution in [3.8, 4) is 0 Å². The number of carboxylic acids is 1. The Morgan fingerprint density at radius 2 is 2.00 bits per heavy atom. The van der Waals surface area contributed by atoms with Gasteiger partial charge in [0.1, 0.15) is 6.04 Å². The van der Waals surface area contributed by atoms with Crippen LogP contribution in [0.5, 0.6) is 0 Å². The first-order chi connectivity index (χ1) is 11.4. The highest BCUT2D eigenvalue weighted by Gasteiger charge is 2.41. The van der Waals surface area contributed by atoms with E-state index < -0.39 is 17.9 Å². The van der Waals surface area contributed by atoms with Crippen LogP contribution in [0.3, 0.4) is 0 Å². The van der Waals surface area contributed by atoms with Crippen LogP contribution in [-0.2, 0) is 14.3 Å². The number of thioether (sulfide) groups is 1. The van der Waals surface area contributed by atoms with Crippen molar-refractivity contribution in [2.75, 3.05) is 19.4 Å². The number of likely N-dealkylation sites (tertiary alicyclic amines) is 1. The number of methoxy groups -OCH3 is 1. The van der Waals surface area contributed by atoms with Crippen LogP contribution in [0.2, 0.25) is 0 Å². The maximum Gasteiger partial charge on any atom is 0.326 e. The van der Waals surface area contributed by atoms with Crippen LogP contribution >= 0.6 is 11.8 Å². The van der Waals surface area contributed by atoms with Crippen LogP contribution in [0.15, 0.2) is 30.3 Å². The lowest BCUT2D eigenvalue weighted by atomic mass is 10.1. The molecular weight excluding hydrogens is 330 g/mol. The molecule has 0 radical (unpaired) electrons. The van der Waals surface area contributed by atoms with Crippen molar-refractivity contribution >= 4 is 28.8 Å². The lowest BCUT2D eigenvalue weighted by molar-refractivity contribution is -0.149. The van der Waals surface area contributed by atoms with Crippen LogP contribution in [0, 0.1) is 5.92 Å². The number of carbonyl (C=O) groups excluding carboxylic acids is 2. The molecule has 0 saturated carbocycles. The summed E-state index contributed by atoms with van der Waals surface area (Å²) >= 11 is 1.08. The van der Waals surface area contributed by atoms with Gasteiger partial charge < -0.3 is 14.7 Å². The second-order valence-electron chi connectivity index (χ2n) is 5.80. The van der Waals surface area contributed by atoms with E-state index in [1.165, 1.54) is 12.0 Å². The van der Waals surface area contributed by atoms with Crippen molar-refractivity contribution in [2.45, 2.75) is 25.5 Å². The van der Waals surface area contributed by atoms with Gasteiger partial charge in [0.05, 0.1) is 6.10 Å². The third-order valence-electron chi connectivity index (χ3n) is 4.06. The zero-order valence-electron chi connectivity index (χ0n) is 13.7. The van der Waals surface area contributed by atoms with Gasteiger partial charge in [-0.3, -0.25) is 9.59 Å². The fourth-order valence-electron chi connectivity index (χ4n) is 2.66. The van der Waals surface area contributed by atoms with Gasteiger partial charge in [0.15, 0.2) is 0 Å². The van der Waals surface area contributed by atoms with E-state index in [0.717, 1.165) is 11.8 Å². The molecule has 1 saturated heterocycles. The smallest absolute Gasteiger partial charge is 0.326 e. The first-order valence-electron chi connectivity index (χ1n) is 7.72. The highest BCUT2D eigenvalue weighted by molar-refractivity contribution is 8.14. The summed E-state index contributed by atoms with van der Waals surface area (Å²) in [6.45, 7) is 1.99. The lowest BCUT2D eigenvalue weighted by Gasteiger charge is -2.24. The summed E-state index contributed by atoms with van der Waals surface area (Å²) in [5.74, 6) is -1.41. The molecule has 2 unspecified atom stereocenters. The number of aliphatic carboxylic acids is 1. The zero-order chi connectivity index (χ0) is 17.7. The summed E-state index contributed by atoms with van der Waals surface area (Å²) in [6.07, 6.45) is 0.0289. The van der Waals surface area contributed by atoms with E-state index in [-0.39, 0.29) is 23.7 Å². The summed E-state index contributed by atoms with van der Waals surface area (Å²) in [7, 11) is 1.51. The van der Waals surface area contributed by atoms with E-state index in [0.29, 0.717) is 17.7 Å². The molecular formula is C17H21NO5S. The van der Waals surface area contributed by atoms with Gasteiger partial charge in [-0.25, -0.2) is 4.79 Å². The van der Waals surface area contributed by atoms with Crippen molar-refractivity contribution in [1.29, 1.82) is 0 Å². The van der Waals surface area contributed by atoms with Crippen LogP contribution in [-0.4, -0.2) is 58.6 Å². The highest BCUT2D eigenvalue weighted by atomic mass is 32.2. The van der Waals surface area contributed by atoms with Gasteiger partial charge in [0.25, 0.3) is 0 Å². The molecule has 3 atom stereocenters. The molecule has 1 aromatic carbocycles. The SMILES string of the molecule is COC1C[C@@H](C(=O)O)N(C(=O)C(C)CSC(=O)c2ccccc2)C1. The maximum atomic E-state index is 12.6. The minimum absolute atomic E-state index is 0.0961. The number of rotatable bonds is 6. The molecule has 0 aliphatic carbocycles. The Balaban J connectivity index is 1.94. The number of hydrogen-bond acceptors (Lipinski definition) is 5. The van der Waals surface area contributed by atoms with E-state index in [2.05, 4.69) is 0 Å². The second-order valence-corrected chi connectivity index (χ2v) is 6.80. The number of benzene rings is 1. The molecule has 6 nitrogen and oxygen atoms in total. The van der Waals surface area contributed by atoms with Crippen molar-refractivity contribution in [2.24, 2.45) is 5.92 Å². The van der Waals surface area contributed by atoms with Crippen molar-refractivity contribution in [1.82, 2.24) is 4.90 Å². The summed E-state index contributed by atoms with van der Waals surface area (Å²) < 4.78 is 5.19. The Bertz CT molecular complexity index is 606. The first kappa shape index (κ1) is 18.5. The van der Waals surface area contributed by atoms with Crippen LogP contribution < -0.4 is 0 Å². The van der Waals surface area contributed by atoms with Crippen LogP contribution in [0.4, 0.5) is 0 Å². The monoisotopic (exact) mass is 351 g/mol. The Kier molecular flexibility index (Phi) is 6.39. The quantitative estimate of drug-likeness (QED) is 0.843. The fourth-order valence-corrected chi connectivity index (χ4v) is 3.51. The van der Waals surface area contributed by atoms with E-state index in [1.807, 2.05) is 6.07 Å². The molecule has 0 spiro atoms. The fraction of sp³-hybridized carbons (Fsp3) is 0.471. The number of nitrogens with zero attached hydrogens (tertiary/aromatic N) is 1. The number of ether oxygens (including phenoxy) is 1. The predicted molar refractivity (Wildman–Crippen MR) is 90.9 cm³/mol. The molecule has 1 aliphatic heterocycles. The molecule has 1 aromatic rings. The maximum absolute atomic E-state index is 12.6. The minimum atomic E-state index is -1.02. The molecule has 1 fully saturated rings. The van der Waals surface area contributed by atoms with Crippen LogP contribution in [0.25, 0.3) is 0 Å². The van der Waals surface area contributed by atoms with Gasteiger partial charge in [-0.2, -0.15) is 0 Å². The highest BCUT2D eigenvalue weighted by Crippen LogP contribution is 2.24. The Morgan fingerprint density at radius 3 is 2.58 bits per heavy atom. The number of hydrogen-bond donors (Lipinski definition) is 1. The normalized spacial score (nSPS) is 21.5. The van der Waals surface area contributed by atoms with Gasteiger partial charge in [-0.15, -0.1) is 0 Å². The molecule has 2 rings (SSSR count). The van der Waals surface area contributed by atoms with Gasteiger partial charge in [-0.05, 0) is 0 Å². The zero-order valence-corrected chi connectivity index (χ0v) is 14.5. The third kappa shape index (κ3) is 4.36. The molecule has 1 aliphatic rings. The minimum Gasteiger partial charge on any atom is -0.480 e. The number of carboxylic acid groups (broad SMARTS) is 1. The molecule has 24 heavy (non-hydrogen) atoms. The van der Waals surface area contributed by atoms with Crippen molar-refractivity contribution in [3.63, 3.8) is 0 Å². The third-order valence-corrected chi connectivity index (χ3v) is 5.22. The Hall–Kier alpha value is -1.86. The van der Waals surface area contributed by atoms with Gasteiger partial charge in [0.2, 0.25) is 11.0 Å². The number of carbonyl (C=O) groups is 3. The largest absolute Gasteiger partial charge is 0.480 e. The van der Waals surface area contributed by atoms with Crippen molar-refractivity contribution < 1.29 is 24.2 Å². The second kappa shape index (κ2) is 8.30. The lowest BCUT2D eigenvalue weighted by Crippen LogP contribution is -2.43. The summed E-state index contributed by atoms with van der Waals surface area (Å²) in [6, 6.07) is 8.00.